The first-order valence-corrected chi connectivity index (χ1v) is 9.20. The molecule has 2 aromatic heterocycles. The number of rotatable bonds is 3. The molecular formula is C20H26N4O3. The van der Waals surface area contributed by atoms with Crippen molar-refractivity contribution in [2.24, 2.45) is 5.41 Å². The molecule has 0 atom stereocenters. The van der Waals surface area contributed by atoms with Crippen molar-refractivity contribution in [3.05, 3.63) is 42.5 Å². The van der Waals surface area contributed by atoms with E-state index in [-0.39, 0.29) is 11.8 Å². The summed E-state index contributed by atoms with van der Waals surface area (Å²) in [7, 11) is 0. The van der Waals surface area contributed by atoms with Crippen LogP contribution < -0.4 is 10.2 Å². The number of hydrogen-bond donors (Lipinski definition) is 1. The fraction of sp³-hybridized carbons (Fsp3) is 0.450. The number of pyridine rings is 1. The van der Waals surface area contributed by atoms with E-state index in [0.717, 1.165) is 18.8 Å². The third-order valence-corrected chi connectivity index (χ3v) is 4.53. The number of carbonyl (C=O) groups excluding carboxylic acids is 2. The van der Waals surface area contributed by atoms with Crippen molar-refractivity contribution in [2.45, 2.75) is 27.2 Å². The Morgan fingerprint density at radius 3 is 2.56 bits per heavy atom. The molecule has 1 aliphatic heterocycles. The number of aromatic nitrogens is 1. The van der Waals surface area contributed by atoms with Crippen LogP contribution in [0.2, 0.25) is 0 Å². The molecule has 0 aromatic carbocycles. The Hall–Kier alpha value is -2.83. The van der Waals surface area contributed by atoms with Crippen LogP contribution in [-0.2, 0) is 4.79 Å². The van der Waals surface area contributed by atoms with E-state index in [0.29, 0.717) is 31.1 Å². The first kappa shape index (κ1) is 18.9. The highest BCUT2D eigenvalue weighted by atomic mass is 16.3. The van der Waals surface area contributed by atoms with Crippen LogP contribution in [-0.4, -0.2) is 47.9 Å². The van der Waals surface area contributed by atoms with Gasteiger partial charge in [-0.2, -0.15) is 0 Å². The molecule has 144 valence electrons. The van der Waals surface area contributed by atoms with Crippen LogP contribution in [0.1, 0.15) is 37.7 Å². The number of anilines is 2. The molecule has 0 saturated carbocycles. The maximum absolute atomic E-state index is 12.4. The fourth-order valence-electron chi connectivity index (χ4n) is 2.87. The van der Waals surface area contributed by atoms with E-state index >= 15 is 0 Å². The van der Waals surface area contributed by atoms with Crippen LogP contribution in [0.3, 0.4) is 0 Å². The lowest BCUT2D eigenvalue weighted by Gasteiger charge is -2.23. The summed E-state index contributed by atoms with van der Waals surface area (Å²) in [6, 6.07) is 7.18. The fourth-order valence-corrected chi connectivity index (χ4v) is 2.87. The Bertz CT molecular complexity index is 779. The van der Waals surface area contributed by atoms with E-state index in [1.807, 2.05) is 37.8 Å². The number of carbonyl (C=O) groups is 2. The van der Waals surface area contributed by atoms with Crippen LogP contribution in [0.5, 0.6) is 0 Å². The zero-order chi connectivity index (χ0) is 19.4. The second-order valence-corrected chi connectivity index (χ2v) is 7.72. The zero-order valence-electron chi connectivity index (χ0n) is 16.1. The predicted molar refractivity (Wildman–Crippen MR) is 104 cm³/mol. The maximum Gasteiger partial charge on any atom is 0.289 e. The summed E-state index contributed by atoms with van der Waals surface area (Å²) >= 11 is 0. The van der Waals surface area contributed by atoms with Gasteiger partial charge >= 0.3 is 0 Å². The average molecular weight is 370 g/mol. The zero-order valence-corrected chi connectivity index (χ0v) is 16.1. The van der Waals surface area contributed by atoms with Gasteiger partial charge in [-0.15, -0.1) is 0 Å². The van der Waals surface area contributed by atoms with E-state index in [1.54, 1.807) is 18.3 Å². The SMILES string of the molecule is CC(C)(C)C(=O)Nc1ccc(N2CCCN(C(=O)c3ccco3)CC2)nc1. The smallest absolute Gasteiger partial charge is 0.289 e. The minimum absolute atomic E-state index is 0.0427. The van der Waals surface area contributed by atoms with Crippen molar-refractivity contribution in [3.63, 3.8) is 0 Å². The van der Waals surface area contributed by atoms with Gasteiger partial charge in [-0.25, -0.2) is 4.98 Å². The molecule has 0 radical (unpaired) electrons. The molecule has 0 spiro atoms. The Balaban J connectivity index is 1.60. The molecule has 2 amide bonds. The molecule has 7 nitrogen and oxygen atoms in total. The van der Waals surface area contributed by atoms with Crippen LogP contribution in [0.25, 0.3) is 0 Å². The second kappa shape index (κ2) is 7.82. The third kappa shape index (κ3) is 4.67. The monoisotopic (exact) mass is 370 g/mol. The maximum atomic E-state index is 12.4. The molecule has 3 heterocycles. The summed E-state index contributed by atoms with van der Waals surface area (Å²) in [5, 5.41) is 2.88. The van der Waals surface area contributed by atoms with Crippen molar-refractivity contribution >= 4 is 23.3 Å². The summed E-state index contributed by atoms with van der Waals surface area (Å²) in [6.07, 6.45) is 4.05. The van der Waals surface area contributed by atoms with Gasteiger partial charge in [0.1, 0.15) is 5.82 Å². The highest BCUT2D eigenvalue weighted by Gasteiger charge is 2.23. The lowest BCUT2D eigenvalue weighted by molar-refractivity contribution is -0.123. The third-order valence-electron chi connectivity index (χ3n) is 4.53. The van der Waals surface area contributed by atoms with Crippen LogP contribution in [0.15, 0.2) is 41.1 Å². The molecule has 1 fully saturated rings. The lowest BCUT2D eigenvalue weighted by Crippen LogP contribution is -2.35. The molecule has 0 bridgehead atoms. The summed E-state index contributed by atoms with van der Waals surface area (Å²) < 4.78 is 5.22. The Morgan fingerprint density at radius 2 is 1.93 bits per heavy atom. The van der Waals surface area contributed by atoms with E-state index in [9.17, 15) is 9.59 Å². The Labute approximate surface area is 159 Å². The molecule has 0 aliphatic carbocycles. The largest absolute Gasteiger partial charge is 0.459 e. The van der Waals surface area contributed by atoms with E-state index in [1.165, 1.54) is 6.26 Å². The Morgan fingerprint density at radius 1 is 1.11 bits per heavy atom. The standard InChI is InChI=1S/C20H26N4O3/c1-20(2,3)19(26)22-15-7-8-17(21-14-15)23-9-5-10-24(12-11-23)18(25)16-6-4-13-27-16/h4,6-8,13-14H,5,9-12H2,1-3H3,(H,22,26). The van der Waals surface area contributed by atoms with Crippen molar-refractivity contribution in [1.82, 2.24) is 9.88 Å². The average Bonchev–Trinajstić information content (AvgIpc) is 3.06. The molecule has 3 rings (SSSR count). The quantitative estimate of drug-likeness (QED) is 0.898. The van der Waals surface area contributed by atoms with Gasteiger partial charge in [-0.05, 0) is 30.7 Å². The van der Waals surface area contributed by atoms with Gasteiger partial charge in [0.25, 0.3) is 5.91 Å². The summed E-state index contributed by atoms with van der Waals surface area (Å²) in [5.74, 6) is 1.10. The molecule has 1 N–H and O–H groups in total. The normalized spacial score (nSPS) is 15.4. The molecule has 7 heteroatoms. The topological polar surface area (TPSA) is 78.7 Å². The van der Waals surface area contributed by atoms with Crippen LogP contribution >= 0.6 is 0 Å². The molecule has 27 heavy (non-hydrogen) atoms. The van der Waals surface area contributed by atoms with E-state index in [2.05, 4.69) is 15.2 Å². The van der Waals surface area contributed by atoms with Crippen molar-refractivity contribution in [3.8, 4) is 0 Å². The number of amides is 2. The highest BCUT2D eigenvalue weighted by molar-refractivity contribution is 5.94. The number of nitrogens with zero attached hydrogens (tertiary/aromatic N) is 3. The summed E-state index contributed by atoms with van der Waals surface area (Å²) in [5.41, 5.74) is 0.232. The predicted octanol–water partition coefficient (Wildman–Crippen LogP) is 3.01. The summed E-state index contributed by atoms with van der Waals surface area (Å²) in [6.45, 7) is 8.45. The molecular weight excluding hydrogens is 344 g/mol. The lowest BCUT2D eigenvalue weighted by atomic mass is 9.96. The first-order chi connectivity index (χ1) is 12.8. The first-order valence-electron chi connectivity index (χ1n) is 9.20. The van der Waals surface area contributed by atoms with Crippen molar-refractivity contribution in [2.75, 3.05) is 36.4 Å². The van der Waals surface area contributed by atoms with E-state index in [4.69, 9.17) is 4.42 Å². The summed E-state index contributed by atoms with van der Waals surface area (Å²) in [4.78, 5) is 33.0. The number of hydrogen-bond acceptors (Lipinski definition) is 5. The van der Waals surface area contributed by atoms with Gasteiger partial charge in [0, 0.05) is 31.6 Å². The van der Waals surface area contributed by atoms with E-state index < -0.39 is 5.41 Å². The minimum Gasteiger partial charge on any atom is -0.459 e. The van der Waals surface area contributed by atoms with Gasteiger partial charge in [0.2, 0.25) is 5.91 Å². The highest BCUT2D eigenvalue weighted by Crippen LogP contribution is 2.20. The van der Waals surface area contributed by atoms with Crippen molar-refractivity contribution in [1.29, 1.82) is 0 Å². The minimum atomic E-state index is -0.451. The molecule has 1 aliphatic rings. The van der Waals surface area contributed by atoms with Crippen LogP contribution in [0, 0.1) is 5.41 Å². The second-order valence-electron chi connectivity index (χ2n) is 7.72. The van der Waals surface area contributed by atoms with Gasteiger partial charge in [-0.3, -0.25) is 9.59 Å². The number of nitrogens with one attached hydrogen (secondary N) is 1. The van der Waals surface area contributed by atoms with Gasteiger partial charge in [0.05, 0.1) is 18.1 Å². The number of furan rings is 1. The molecule has 0 unspecified atom stereocenters. The van der Waals surface area contributed by atoms with Gasteiger partial charge in [0.15, 0.2) is 5.76 Å². The molecule has 1 saturated heterocycles. The van der Waals surface area contributed by atoms with Crippen LogP contribution in [0.4, 0.5) is 11.5 Å². The molecule has 2 aromatic rings. The van der Waals surface area contributed by atoms with Gasteiger partial charge in [-0.1, -0.05) is 20.8 Å². The van der Waals surface area contributed by atoms with Gasteiger partial charge < -0.3 is 19.5 Å². The Kier molecular flexibility index (Phi) is 5.48. The van der Waals surface area contributed by atoms with Crippen molar-refractivity contribution < 1.29 is 14.0 Å².